The van der Waals surface area contributed by atoms with E-state index >= 15 is 0 Å². The summed E-state index contributed by atoms with van der Waals surface area (Å²) < 4.78 is 16.4. The van der Waals surface area contributed by atoms with E-state index in [1.165, 1.54) is 28.1 Å². The largest absolute Gasteiger partial charge is 0.493 e. The van der Waals surface area contributed by atoms with E-state index in [9.17, 15) is 29.1 Å². The Bertz CT molecular complexity index is 1830. The molecule has 14 nitrogen and oxygen atoms in total. The summed E-state index contributed by atoms with van der Waals surface area (Å²) >= 11 is 0. The standard InChI is InChI=1S/C38H45N5O9/c1-22(40-34(45)11-7-8-12-35(46)51-4)36(47)41-23(2)37(48)42-27-14-24(20-44)13-25(15-27)21-52-33-18-30-29(17-32(33)50-3)38(49)43-28(19-39-30)16-26-9-5-6-10-31(26)43/h5-6,9-10,13-15,17-18,22-23,28,39,44H,7-8,11-12,16,19-21H2,1-4H3,(H,40,45)(H,41,47)(H,42,48)/t22?,23?,28-/m0/s1. The highest BCUT2D eigenvalue weighted by Crippen LogP contribution is 2.40. The van der Waals surface area contributed by atoms with Crippen LogP contribution in [0.2, 0.25) is 0 Å². The Morgan fingerprint density at radius 2 is 1.65 bits per heavy atom. The highest BCUT2D eigenvalue weighted by atomic mass is 16.5. The first-order valence-electron chi connectivity index (χ1n) is 17.2. The highest BCUT2D eigenvalue weighted by Gasteiger charge is 2.37. The zero-order chi connectivity index (χ0) is 37.4. The van der Waals surface area contributed by atoms with Crippen LogP contribution in [0.3, 0.4) is 0 Å². The van der Waals surface area contributed by atoms with Crippen LogP contribution in [0.15, 0.2) is 54.6 Å². The van der Waals surface area contributed by atoms with Gasteiger partial charge in [0.2, 0.25) is 17.7 Å². The predicted octanol–water partition coefficient (Wildman–Crippen LogP) is 3.44. The third kappa shape index (κ3) is 8.99. The molecule has 52 heavy (non-hydrogen) atoms. The number of carbonyl (C=O) groups is 5. The minimum Gasteiger partial charge on any atom is -0.493 e. The first-order valence-corrected chi connectivity index (χ1v) is 17.2. The molecule has 276 valence electrons. The second kappa shape index (κ2) is 17.1. The SMILES string of the molecule is COC(=O)CCCCC(=O)NC(C)C(=O)NC(C)C(=O)Nc1cc(CO)cc(COc2cc3c(cc2OC)C(=O)N2c4ccccc4C[C@H]2CN3)c1. The second-order valence-corrected chi connectivity index (χ2v) is 12.9. The van der Waals surface area contributed by atoms with Gasteiger partial charge in [0, 0.05) is 36.8 Å². The number of esters is 1. The van der Waals surface area contributed by atoms with Gasteiger partial charge in [0.05, 0.1) is 38.1 Å². The number of anilines is 3. The van der Waals surface area contributed by atoms with Gasteiger partial charge in [0.1, 0.15) is 18.7 Å². The number of amides is 4. The van der Waals surface area contributed by atoms with Crippen molar-refractivity contribution in [3.05, 3.63) is 76.9 Å². The number of aliphatic hydroxyl groups is 1. The lowest BCUT2D eigenvalue weighted by Crippen LogP contribution is -2.50. The molecule has 0 aliphatic carbocycles. The van der Waals surface area contributed by atoms with Gasteiger partial charge in [0.15, 0.2) is 11.5 Å². The maximum absolute atomic E-state index is 13.8. The summed E-state index contributed by atoms with van der Waals surface area (Å²) in [5.74, 6) is -1.09. The van der Waals surface area contributed by atoms with E-state index in [1.54, 1.807) is 30.3 Å². The van der Waals surface area contributed by atoms with Gasteiger partial charge in [-0.1, -0.05) is 18.2 Å². The number of carbonyl (C=O) groups excluding carboxylic acids is 5. The van der Waals surface area contributed by atoms with Gasteiger partial charge >= 0.3 is 5.97 Å². The zero-order valence-electron chi connectivity index (χ0n) is 29.7. The average molecular weight is 716 g/mol. The number of fused-ring (bicyclic) bond motifs is 4. The molecule has 0 saturated heterocycles. The maximum Gasteiger partial charge on any atom is 0.305 e. The number of nitrogens with one attached hydrogen (secondary N) is 4. The number of hydrogen-bond donors (Lipinski definition) is 5. The van der Waals surface area contributed by atoms with E-state index in [2.05, 4.69) is 26.0 Å². The van der Waals surface area contributed by atoms with E-state index in [1.807, 2.05) is 29.2 Å². The van der Waals surface area contributed by atoms with Crippen LogP contribution in [-0.4, -0.2) is 73.6 Å². The summed E-state index contributed by atoms with van der Waals surface area (Å²) in [7, 11) is 2.80. The summed E-state index contributed by atoms with van der Waals surface area (Å²) in [6.07, 6.45) is 2.06. The van der Waals surface area contributed by atoms with E-state index in [4.69, 9.17) is 9.47 Å². The normalized spacial score (nSPS) is 15.4. The van der Waals surface area contributed by atoms with Crippen LogP contribution >= 0.6 is 0 Å². The molecule has 5 N–H and O–H groups in total. The lowest BCUT2D eigenvalue weighted by Gasteiger charge is -2.22. The van der Waals surface area contributed by atoms with Gasteiger partial charge in [0.25, 0.3) is 5.91 Å². The molecular formula is C38H45N5O9. The molecule has 0 aromatic heterocycles. The van der Waals surface area contributed by atoms with Crippen molar-refractivity contribution in [2.24, 2.45) is 0 Å². The fourth-order valence-corrected chi connectivity index (χ4v) is 6.27. The Labute approximate surface area is 302 Å². The van der Waals surface area contributed by atoms with Crippen molar-refractivity contribution >= 4 is 46.7 Å². The van der Waals surface area contributed by atoms with E-state index in [0.29, 0.717) is 59.0 Å². The maximum atomic E-state index is 13.8. The summed E-state index contributed by atoms with van der Waals surface area (Å²) in [6, 6.07) is 14.5. The topological polar surface area (TPSA) is 185 Å². The Morgan fingerprint density at radius 3 is 2.40 bits per heavy atom. The Hall–Kier alpha value is -5.63. The molecule has 2 aliphatic rings. The fourth-order valence-electron chi connectivity index (χ4n) is 6.27. The molecule has 14 heteroatoms. The number of methoxy groups -OCH3 is 2. The molecule has 0 bridgehead atoms. The summed E-state index contributed by atoms with van der Waals surface area (Å²) in [5, 5.41) is 21.3. The molecule has 3 atom stereocenters. The molecule has 3 aromatic carbocycles. The Balaban J connectivity index is 1.19. The van der Waals surface area contributed by atoms with Crippen molar-refractivity contribution in [2.45, 2.75) is 77.3 Å². The molecule has 5 rings (SSSR count). The number of rotatable bonds is 15. The van der Waals surface area contributed by atoms with Crippen LogP contribution in [0, 0.1) is 0 Å². The Kier molecular flexibility index (Phi) is 12.3. The van der Waals surface area contributed by atoms with Crippen molar-refractivity contribution in [2.75, 3.05) is 36.3 Å². The van der Waals surface area contributed by atoms with Crippen molar-refractivity contribution in [3.63, 3.8) is 0 Å². The molecule has 2 unspecified atom stereocenters. The fraction of sp³-hybridized carbons (Fsp3) is 0.395. The number of unbranched alkanes of at least 4 members (excludes halogenated alkanes) is 1. The smallest absolute Gasteiger partial charge is 0.305 e. The molecule has 0 radical (unpaired) electrons. The minimum atomic E-state index is -0.951. The average Bonchev–Trinajstić information content (AvgIpc) is 3.46. The molecule has 2 aliphatic heterocycles. The first-order chi connectivity index (χ1) is 25.0. The number of hydrogen-bond acceptors (Lipinski definition) is 10. The zero-order valence-corrected chi connectivity index (χ0v) is 29.7. The first kappa shape index (κ1) is 37.6. The van der Waals surface area contributed by atoms with E-state index in [-0.39, 0.29) is 49.9 Å². The van der Waals surface area contributed by atoms with Crippen LogP contribution < -0.4 is 35.6 Å². The van der Waals surface area contributed by atoms with Gasteiger partial charge in [-0.3, -0.25) is 24.0 Å². The van der Waals surface area contributed by atoms with E-state index in [0.717, 1.165) is 17.7 Å². The summed E-state index contributed by atoms with van der Waals surface area (Å²) in [6.45, 7) is 3.35. The van der Waals surface area contributed by atoms with Crippen LogP contribution in [-0.2, 0) is 43.5 Å². The van der Waals surface area contributed by atoms with E-state index < -0.39 is 23.9 Å². The third-order valence-corrected chi connectivity index (χ3v) is 9.04. The molecule has 2 heterocycles. The van der Waals surface area contributed by atoms with Crippen LogP contribution in [0.25, 0.3) is 0 Å². The van der Waals surface area contributed by atoms with Gasteiger partial charge < -0.3 is 45.5 Å². The van der Waals surface area contributed by atoms with Gasteiger partial charge in [-0.05, 0) is 80.1 Å². The number of para-hydroxylation sites is 1. The highest BCUT2D eigenvalue weighted by molar-refractivity contribution is 6.12. The van der Waals surface area contributed by atoms with Crippen molar-refractivity contribution in [3.8, 4) is 11.5 Å². The van der Waals surface area contributed by atoms with Crippen molar-refractivity contribution in [1.29, 1.82) is 0 Å². The lowest BCUT2D eigenvalue weighted by atomic mass is 10.1. The van der Waals surface area contributed by atoms with Crippen LogP contribution in [0.1, 0.15) is 66.6 Å². The van der Waals surface area contributed by atoms with Gasteiger partial charge in [-0.25, -0.2) is 0 Å². The van der Waals surface area contributed by atoms with Crippen molar-refractivity contribution in [1.82, 2.24) is 10.6 Å². The quantitative estimate of drug-likeness (QED) is 0.115. The Morgan fingerprint density at radius 1 is 0.923 bits per heavy atom. The molecule has 4 amide bonds. The second-order valence-electron chi connectivity index (χ2n) is 12.9. The number of benzene rings is 3. The summed E-state index contributed by atoms with van der Waals surface area (Å²) in [4.78, 5) is 64.8. The molecular weight excluding hydrogens is 670 g/mol. The monoisotopic (exact) mass is 715 g/mol. The minimum absolute atomic E-state index is 0.0239. The van der Waals surface area contributed by atoms with Crippen LogP contribution in [0.4, 0.5) is 17.1 Å². The number of ether oxygens (including phenoxy) is 3. The third-order valence-electron chi connectivity index (χ3n) is 9.04. The molecule has 0 spiro atoms. The number of nitrogens with zero attached hydrogens (tertiary/aromatic N) is 1. The molecule has 0 fully saturated rings. The lowest BCUT2D eigenvalue weighted by molar-refractivity contribution is -0.140. The van der Waals surface area contributed by atoms with Crippen molar-refractivity contribution < 1.29 is 43.3 Å². The van der Waals surface area contributed by atoms with Crippen LogP contribution in [0.5, 0.6) is 11.5 Å². The number of aliphatic hydroxyl groups excluding tert-OH is 1. The predicted molar refractivity (Wildman–Crippen MR) is 193 cm³/mol. The van der Waals surface area contributed by atoms with Gasteiger partial charge in [-0.2, -0.15) is 0 Å². The molecule has 0 saturated carbocycles. The summed E-state index contributed by atoms with van der Waals surface area (Å²) in [5.41, 5.74) is 4.70. The van der Waals surface area contributed by atoms with Gasteiger partial charge in [-0.15, -0.1) is 0 Å². The molecule has 3 aromatic rings.